The molecule has 3 aromatic rings. The Labute approximate surface area is 274 Å². The van der Waals surface area contributed by atoms with Crippen LogP contribution in [0.25, 0.3) is 0 Å². The molecule has 4 heterocycles. The lowest BCUT2D eigenvalue weighted by Crippen LogP contribution is -2.52. The van der Waals surface area contributed by atoms with E-state index < -0.39 is 10.0 Å². The maximum Gasteiger partial charge on any atom is 0.229 e. The number of piperazine rings is 1. The Balaban J connectivity index is 1.18. The molecular formula is C30H38Cl2N8O4S. The lowest BCUT2D eigenvalue weighted by molar-refractivity contribution is 0.0982. The third-order valence-electron chi connectivity index (χ3n) is 8.50. The highest BCUT2D eigenvalue weighted by molar-refractivity contribution is 7.92. The van der Waals surface area contributed by atoms with Gasteiger partial charge in [0.2, 0.25) is 16.0 Å². The smallest absolute Gasteiger partial charge is 0.229 e. The molecule has 15 heteroatoms. The molecule has 3 aliphatic heterocycles. The molecule has 242 valence electrons. The molecule has 0 bridgehead atoms. The number of hydrogen-bond donors (Lipinski definition) is 3. The van der Waals surface area contributed by atoms with Crippen molar-refractivity contribution in [1.29, 1.82) is 0 Å². The minimum absolute atomic E-state index is 0.249. The van der Waals surface area contributed by atoms with Crippen molar-refractivity contribution < 1.29 is 17.9 Å². The van der Waals surface area contributed by atoms with Crippen LogP contribution >= 0.6 is 23.2 Å². The fourth-order valence-corrected chi connectivity index (χ4v) is 7.08. The summed E-state index contributed by atoms with van der Waals surface area (Å²) in [4.78, 5) is 16.3. The van der Waals surface area contributed by atoms with Gasteiger partial charge in [-0.1, -0.05) is 23.2 Å². The van der Waals surface area contributed by atoms with Crippen LogP contribution in [-0.4, -0.2) is 101 Å². The number of aromatic nitrogens is 2. The maximum absolute atomic E-state index is 12.1. The van der Waals surface area contributed by atoms with Crippen molar-refractivity contribution in [3.05, 3.63) is 46.1 Å². The van der Waals surface area contributed by atoms with Crippen LogP contribution in [0.2, 0.25) is 10.0 Å². The second kappa shape index (κ2) is 13.2. The van der Waals surface area contributed by atoms with E-state index in [1.54, 1.807) is 13.2 Å². The molecule has 2 saturated heterocycles. The molecule has 12 nitrogen and oxygen atoms in total. The summed E-state index contributed by atoms with van der Waals surface area (Å²) in [5.74, 6) is 1.77. The Hall–Kier alpha value is -3.23. The van der Waals surface area contributed by atoms with Crippen LogP contribution in [0.1, 0.15) is 18.4 Å². The molecule has 2 aromatic carbocycles. The Morgan fingerprint density at radius 1 is 0.956 bits per heavy atom. The molecular weight excluding hydrogens is 639 g/mol. The zero-order chi connectivity index (χ0) is 31.7. The molecule has 0 amide bonds. The number of rotatable bonds is 9. The minimum Gasteiger partial charge on any atom is -0.494 e. The molecule has 0 aliphatic carbocycles. The van der Waals surface area contributed by atoms with E-state index in [2.05, 4.69) is 47.1 Å². The number of ether oxygens (including phenoxy) is 2. The fourth-order valence-electron chi connectivity index (χ4n) is 6.09. The third-order valence-corrected chi connectivity index (χ3v) is 9.67. The number of halogens is 2. The highest BCUT2D eigenvalue weighted by Crippen LogP contribution is 2.40. The van der Waals surface area contributed by atoms with Gasteiger partial charge in [0.15, 0.2) is 5.82 Å². The molecule has 1 aromatic heterocycles. The normalized spacial score (nSPS) is 17.9. The van der Waals surface area contributed by atoms with Crippen LogP contribution in [-0.2, 0) is 16.4 Å². The van der Waals surface area contributed by atoms with Crippen molar-refractivity contribution in [2.45, 2.75) is 25.3 Å². The fraction of sp³-hybridized carbons (Fsp3) is 0.467. The van der Waals surface area contributed by atoms with Crippen molar-refractivity contribution >= 4 is 67.7 Å². The van der Waals surface area contributed by atoms with Crippen LogP contribution in [0.15, 0.2) is 30.5 Å². The first-order chi connectivity index (χ1) is 21.6. The van der Waals surface area contributed by atoms with E-state index in [-0.39, 0.29) is 16.8 Å². The summed E-state index contributed by atoms with van der Waals surface area (Å²) in [5.41, 5.74) is 3.28. The van der Waals surface area contributed by atoms with Crippen LogP contribution in [0.3, 0.4) is 0 Å². The SMILES string of the molecule is COc1cc(N2CCC(N3CCN(C)CC3)CC2)c(Cl)cc1Nc1ncc(Cl)c(Nc2cc3c(cc2NS(C)(=O)=O)OCC3)n1. The largest absolute Gasteiger partial charge is 0.494 e. The number of nitrogens with zero attached hydrogens (tertiary/aromatic N) is 5. The van der Waals surface area contributed by atoms with Gasteiger partial charge in [-0.3, -0.25) is 9.62 Å². The molecule has 3 aliphatic rings. The number of nitrogens with one attached hydrogen (secondary N) is 3. The average molecular weight is 678 g/mol. The van der Waals surface area contributed by atoms with Crippen molar-refractivity contribution in [2.75, 3.05) is 86.5 Å². The molecule has 0 unspecified atom stereocenters. The van der Waals surface area contributed by atoms with Crippen molar-refractivity contribution in [1.82, 2.24) is 19.8 Å². The molecule has 0 atom stereocenters. The van der Waals surface area contributed by atoms with Gasteiger partial charge in [-0.2, -0.15) is 4.98 Å². The second-order valence-electron chi connectivity index (χ2n) is 11.7. The predicted octanol–water partition coefficient (Wildman–Crippen LogP) is 4.80. The van der Waals surface area contributed by atoms with Gasteiger partial charge < -0.3 is 29.9 Å². The monoisotopic (exact) mass is 676 g/mol. The lowest BCUT2D eigenvalue weighted by Gasteiger charge is -2.42. The number of benzene rings is 2. The molecule has 0 radical (unpaired) electrons. The summed E-state index contributed by atoms with van der Waals surface area (Å²) >= 11 is 13.3. The number of piperidine rings is 1. The van der Waals surface area contributed by atoms with Crippen LogP contribution in [0.5, 0.6) is 11.5 Å². The molecule has 0 saturated carbocycles. The first-order valence-electron chi connectivity index (χ1n) is 15.0. The standard InChI is InChI=1S/C30H38Cl2N8O4S/c1-38-9-11-39(12-10-38)20-4-7-40(8-5-20)26-17-28(43-2)25(15-21(26)31)35-30-33-18-22(32)29(36-30)34-23-14-19-6-13-44-27(19)16-24(23)37-45(3,41)42/h14-18,20,37H,4-13H2,1-3H3,(H2,33,34,35,36). The summed E-state index contributed by atoms with van der Waals surface area (Å²) < 4.78 is 38.0. The van der Waals surface area contributed by atoms with E-state index in [9.17, 15) is 8.42 Å². The van der Waals surface area contributed by atoms with E-state index in [0.29, 0.717) is 52.7 Å². The number of sulfonamides is 1. The number of anilines is 6. The van der Waals surface area contributed by atoms with Gasteiger partial charge in [0.1, 0.15) is 16.5 Å². The number of fused-ring (bicyclic) bond motifs is 1. The number of hydrogen-bond acceptors (Lipinski definition) is 11. The first-order valence-corrected chi connectivity index (χ1v) is 17.6. The second-order valence-corrected chi connectivity index (χ2v) is 14.2. The molecule has 45 heavy (non-hydrogen) atoms. The van der Waals surface area contributed by atoms with E-state index in [4.69, 9.17) is 32.7 Å². The Bertz CT molecular complexity index is 1660. The molecule has 3 N–H and O–H groups in total. The van der Waals surface area contributed by atoms with E-state index in [1.165, 1.54) is 6.20 Å². The van der Waals surface area contributed by atoms with Gasteiger partial charge in [0, 0.05) is 63.9 Å². The third kappa shape index (κ3) is 7.44. The molecule has 0 spiro atoms. The van der Waals surface area contributed by atoms with Gasteiger partial charge in [0.05, 0.1) is 53.9 Å². The Morgan fingerprint density at radius 2 is 1.71 bits per heavy atom. The van der Waals surface area contributed by atoms with Gasteiger partial charge in [-0.05, 0) is 37.6 Å². The minimum atomic E-state index is -3.56. The summed E-state index contributed by atoms with van der Waals surface area (Å²) in [6.07, 6.45) is 5.44. The topological polar surface area (TPSA) is 124 Å². The van der Waals surface area contributed by atoms with E-state index in [1.807, 2.05) is 18.2 Å². The zero-order valence-corrected chi connectivity index (χ0v) is 27.9. The Kier molecular flexibility index (Phi) is 9.34. The quantitative estimate of drug-likeness (QED) is 0.289. The first kappa shape index (κ1) is 31.7. The van der Waals surface area contributed by atoms with Crippen LogP contribution in [0, 0.1) is 0 Å². The summed E-state index contributed by atoms with van der Waals surface area (Å²) in [6, 6.07) is 7.86. The Morgan fingerprint density at radius 3 is 2.42 bits per heavy atom. The van der Waals surface area contributed by atoms with Crippen molar-refractivity contribution in [3.8, 4) is 11.5 Å². The van der Waals surface area contributed by atoms with Crippen LogP contribution < -0.4 is 29.7 Å². The summed E-state index contributed by atoms with van der Waals surface area (Å²) in [6.45, 7) is 6.87. The highest BCUT2D eigenvalue weighted by Gasteiger charge is 2.28. The van der Waals surface area contributed by atoms with Crippen molar-refractivity contribution in [2.24, 2.45) is 0 Å². The van der Waals surface area contributed by atoms with Gasteiger partial charge in [-0.25, -0.2) is 13.4 Å². The van der Waals surface area contributed by atoms with Gasteiger partial charge in [0.25, 0.3) is 0 Å². The maximum atomic E-state index is 12.1. The van der Waals surface area contributed by atoms with E-state index in [0.717, 1.165) is 69.6 Å². The zero-order valence-electron chi connectivity index (χ0n) is 25.6. The van der Waals surface area contributed by atoms with Gasteiger partial charge >= 0.3 is 0 Å². The average Bonchev–Trinajstić information content (AvgIpc) is 3.46. The number of methoxy groups -OCH3 is 1. The molecule has 2 fully saturated rings. The van der Waals surface area contributed by atoms with Crippen molar-refractivity contribution in [3.63, 3.8) is 0 Å². The van der Waals surface area contributed by atoms with Crippen LogP contribution in [0.4, 0.5) is 34.5 Å². The van der Waals surface area contributed by atoms with E-state index >= 15 is 0 Å². The summed E-state index contributed by atoms with van der Waals surface area (Å²) in [7, 11) is 0.239. The molecule has 6 rings (SSSR count). The summed E-state index contributed by atoms with van der Waals surface area (Å²) in [5, 5.41) is 7.22. The lowest BCUT2D eigenvalue weighted by atomic mass is 10.0. The highest BCUT2D eigenvalue weighted by atomic mass is 35.5. The number of likely N-dealkylation sites (N-methyl/N-ethyl adjacent to an activating group) is 1. The predicted molar refractivity (Wildman–Crippen MR) is 180 cm³/mol. The van der Waals surface area contributed by atoms with Gasteiger partial charge in [-0.15, -0.1) is 0 Å².